The van der Waals surface area contributed by atoms with E-state index in [1.165, 1.54) is 0 Å². The summed E-state index contributed by atoms with van der Waals surface area (Å²) in [5.74, 6) is 0. The second kappa shape index (κ2) is 5.37. The van der Waals surface area contributed by atoms with E-state index in [0.29, 0.717) is 6.42 Å². The Morgan fingerprint density at radius 2 is 1.92 bits per heavy atom. The molecule has 12 heavy (non-hydrogen) atoms. The highest BCUT2D eigenvalue weighted by Crippen LogP contribution is 2.37. The zero-order valence-electron chi connectivity index (χ0n) is 6.35. The van der Waals surface area contributed by atoms with Gasteiger partial charge in [0.25, 0.3) is 0 Å². The van der Waals surface area contributed by atoms with Gasteiger partial charge in [-0.1, -0.05) is 38.8 Å². The van der Waals surface area contributed by atoms with Gasteiger partial charge in [-0.2, -0.15) is 0 Å². The molecular weight excluding hydrogens is 335 g/mol. The Kier molecular flexibility index (Phi) is 6.02. The van der Waals surface area contributed by atoms with Gasteiger partial charge in [0.1, 0.15) is 10.4 Å². The van der Waals surface area contributed by atoms with E-state index in [1.807, 2.05) is 0 Å². The molecule has 2 nitrogen and oxygen atoms in total. The number of alkyl halides is 4. The Hall–Kier alpha value is 1.46. The normalized spacial score (nSPS) is 24.2. The monoisotopic (exact) mass is 342 g/mol. The molecular formula is C6H10Br2Cl2O2. The van der Waals surface area contributed by atoms with Crippen molar-refractivity contribution in [3.05, 3.63) is 0 Å². The van der Waals surface area contributed by atoms with E-state index in [4.69, 9.17) is 23.2 Å². The van der Waals surface area contributed by atoms with Crippen LogP contribution in [0, 0.1) is 0 Å². The van der Waals surface area contributed by atoms with Crippen molar-refractivity contribution in [2.75, 3.05) is 0 Å². The molecule has 0 fully saturated rings. The van der Waals surface area contributed by atoms with Gasteiger partial charge in [0, 0.05) is 0 Å². The fourth-order valence-electron chi connectivity index (χ4n) is 0.637. The average molecular weight is 345 g/mol. The fraction of sp³-hybridized carbons (Fsp3) is 1.00. The summed E-state index contributed by atoms with van der Waals surface area (Å²) >= 11 is 17.4. The van der Waals surface area contributed by atoms with Crippen molar-refractivity contribution < 1.29 is 10.2 Å². The minimum atomic E-state index is -1.29. The summed E-state index contributed by atoms with van der Waals surface area (Å²) in [4.78, 5) is 0. The number of aliphatic hydroxyl groups excluding tert-OH is 2. The van der Waals surface area contributed by atoms with Crippen molar-refractivity contribution in [3.63, 3.8) is 0 Å². The molecule has 6 heteroatoms. The standard InChI is InChI=1S/C6H10Br2Cl2O2/c1-2-3(11)6(8,10)4(12)5(7)9/h3-5,11-12H,2H2,1H3. The van der Waals surface area contributed by atoms with Crippen LogP contribution in [-0.2, 0) is 0 Å². The van der Waals surface area contributed by atoms with Crippen LogP contribution in [0.3, 0.4) is 0 Å². The highest BCUT2D eigenvalue weighted by molar-refractivity contribution is 9.11. The van der Waals surface area contributed by atoms with Gasteiger partial charge in [0.05, 0.1) is 6.10 Å². The van der Waals surface area contributed by atoms with Crippen LogP contribution in [0.1, 0.15) is 13.3 Å². The molecule has 0 aliphatic carbocycles. The van der Waals surface area contributed by atoms with Gasteiger partial charge in [-0.3, -0.25) is 0 Å². The van der Waals surface area contributed by atoms with Gasteiger partial charge in [-0.15, -0.1) is 23.2 Å². The smallest absolute Gasteiger partial charge is 0.153 e. The van der Waals surface area contributed by atoms with E-state index in [9.17, 15) is 10.2 Å². The zero-order chi connectivity index (χ0) is 9.94. The lowest BCUT2D eigenvalue weighted by molar-refractivity contribution is 0.0809. The number of hydrogen-bond donors (Lipinski definition) is 2. The van der Waals surface area contributed by atoms with Crippen molar-refractivity contribution in [1.82, 2.24) is 0 Å². The molecule has 4 atom stereocenters. The molecule has 0 aromatic heterocycles. The van der Waals surface area contributed by atoms with E-state index in [-0.39, 0.29) is 0 Å². The van der Waals surface area contributed by atoms with E-state index in [2.05, 4.69) is 31.9 Å². The first-order chi connectivity index (χ1) is 5.34. The average Bonchev–Trinajstić information content (AvgIpc) is 2.01. The first-order valence-electron chi connectivity index (χ1n) is 3.36. The van der Waals surface area contributed by atoms with Crippen LogP contribution >= 0.6 is 55.1 Å². The third-order valence-corrected chi connectivity index (χ3v) is 3.68. The number of hydrogen-bond acceptors (Lipinski definition) is 2. The fourth-order valence-corrected chi connectivity index (χ4v) is 2.84. The minimum absolute atomic E-state index is 0.433. The molecule has 0 saturated heterocycles. The van der Waals surface area contributed by atoms with Crippen LogP contribution in [-0.4, -0.2) is 30.5 Å². The predicted octanol–water partition coefficient (Wildman–Crippen LogP) is 2.41. The van der Waals surface area contributed by atoms with Gasteiger partial charge < -0.3 is 10.2 Å². The lowest BCUT2D eigenvalue weighted by Crippen LogP contribution is -2.44. The largest absolute Gasteiger partial charge is 0.390 e. The topological polar surface area (TPSA) is 40.5 Å². The molecule has 0 spiro atoms. The lowest BCUT2D eigenvalue weighted by Gasteiger charge is -2.31. The number of aliphatic hydroxyl groups is 2. The second-order valence-electron chi connectivity index (χ2n) is 2.38. The highest BCUT2D eigenvalue weighted by Gasteiger charge is 2.42. The summed E-state index contributed by atoms with van der Waals surface area (Å²) in [6, 6.07) is 0. The Morgan fingerprint density at radius 1 is 1.50 bits per heavy atom. The van der Waals surface area contributed by atoms with Gasteiger partial charge in [0.15, 0.2) is 3.78 Å². The predicted molar refractivity (Wildman–Crippen MR) is 58.4 cm³/mol. The molecule has 4 unspecified atom stereocenters. The highest BCUT2D eigenvalue weighted by atomic mass is 79.9. The van der Waals surface area contributed by atoms with Crippen LogP contribution in [0.15, 0.2) is 0 Å². The van der Waals surface area contributed by atoms with Crippen LogP contribution in [0.4, 0.5) is 0 Å². The van der Waals surface area contributed by atoms with Crippen LogP contribution in [0.2, 0.25) is 0 Å². The molecule has 0 radical (unpaired) electrons. The van der Waals surface area contributed by atoms with E-state index >= 15 is 0 Å². The van der Waals surface area contributed by atoms with E-state index in [0.717, 1.165) is 0 Å². The molecule has 0 rings (SSSR count). The molecule has 0 saturated carbocycles. The van der Waals surface area contributed by atoms with Crippen LogP contribution in [0.25, 0.3) is 0 Å². The molecule has 0 aliphatic heterocycles. The zero-order valence-corrected chi connectivity index (χ0v) is 11.0. The van der Waals surface area contributed by atoms with Gasteiger partial charge >= 0.3 is 0 Å². The summed E-state index contributed by atoms with van der Waals surface area (Å²) in [7, 11) is 0. The summed E-state index contributed by atoms with van der Waals surface area (Å²) in [6.45, 7) is 1.76. The summed E-state index contributed by atoms with van der Waals surface area (Å²) in [5, 5.41) is 18.8. The Labute approximate surface area is 98.5 Å². The molecule has 0 amide bonds. The SMILES string of the molecule is CCC(O)C(Cl)(Br)C(O)C(Cl)Br. The van der Waals surface area contributed by atoms with Crippen LogP contribution < -0.4 is 0 Å². The van der Waals surface area contributed by atoms with Crippen LogP contribution in [0.5, 0.6) is 0 Å². The van der Waals surface area contributed by atoms with Crippen molar-refractivity contribution in [3.8, 4) is 0 Å². The van der Waals surface area contributed by atoms with E-state index in [1.54, 1.807) is 6.92 Å². The first kappa shape index (κ1) is 13.5. The first-order valence-corrected chi connectivity index (χ1v) is 5.88. The molecule has 0 aromatic carbocycles. The van der Waals surface area contributed by atoms with Crippen molar-refractivity contribution in [2.45, 2.75) is 33.6 Å². The summed E-state index contributed by atoms with van der Waals surface area (Å²) < 4.78 is -1.99. The molecule has 0 aliphatic rings. The third kappa shape index (κ3) is 3.31. The Balaban J connectivity index is 4.37. The summed E-state index contributed by atoms with van der Waals surface area (Å²) in [5.41, 5.74) is 0. The molecule has 0 aromatic rings. The van der Waals surface area contributed by atoms with E-state index < -0.39 is 20.3 Å². The molecule has 74 valence electrons. The number of rotatable bonds is 4. The van der Waals surface area contributed by atoms with Crippen molar-refractivity contribution in [1.29, 1.82) is 0 Å². The Bertz CT molecular complexity index is 144. The van der Waals surface area contributed by atoms with Gasteiger partial charge in [-0.05, 0) is 6.42 Å². The maximum atomic E-state index is 9.44. The van der Waals surface area contributed by atoms with Gasteiger partial charge in [0.2, 0.25) is 0 Å². The summed E-state index contributed by atoms with van der Waals surface area (Å²) in [6.07, 6.45) is -1.49. The van der Waals surface area contributed by atoms with Crippen molar-refractivity contribution in [2.24, 2.45) is 0 Å². The van der Waals surface area contributed by atoms with Crippen molar-refractivity contribution >= 4 is 55.1 Å². The molecule has 0 heterocycles. The number of halogens is 4. The second-order valence-corrected chi connectivity index (χ2v) is 6.76. The quantitative estimate of drug-likeness (QED) is 0.769. The maximum absolute atomic E-state index is 9.44. The molecule has 2 N–H and O–H groups in total. The lowest BCUT2D eigenvalue weighted by atomic mass is 10.1. The Morgan fingerprint density at radius 3 is 2.17 bits per heavy atom. The third-order valence-electron chi connectivity index (χ3n) is 1.46. The molecule has 0 bridgehead atoms. The maximum Gasteiger partial charge on any atom is 0.153 e. The minimum Gasteiger partial charge on any atom is -0.390 e. The van der Waals surface area contributed by atoms with Gasteiger partial charge in [-0.25, -0.2) is 0 Å².